The average Bonchev–Trinajstić information content (AvgIpc) is 2.96. The summed E-state index contributed by atoms with van der Waals surface area (Å²) in [5.41, 5.74) is 1.69. The van der Waals surface area contributed by atoms with Gasteiger partial charge in [-0.05, 0) is 43.0 Å². The summed E-state index contributed by atoms with van der Waals surface area (Å²) in [7, 11) is 0. The van der Waals surface area contributed by atoms with Crippen molar-refractivity contribution in [2.75, 3.05) is 13.2 Å². The smallest absolute Gasteiger partial charge is 0.348 e. The highest BCUT2D eigenvalue weighted by atomic mass is 32.1. The third kappa shape index (κ3) is 5.67. The van der Waals surface area contributed by atoms with Gasteiger partial charge in [0.15, 0.2) is 6.61 Å². The van der Waals surface area contributed by atoms with Crippen LogP contribution in [0.25, 0.3) is 0 Å². The molecule has 0 unspecified atom stereocenters. The molecule has 0 fully saturated rings. The number of thiophene rings is 1. The second-order valence-corrected chi connectivity index (χ2v) is 6.97. The Labute approximate surface area is 151 Å². The molecule has 0 aliphatic carbocycles. The summed E-state index contributed by atoms with van der Waals surface area (Å²) in [5, 5.41) is 2.62. The lowest BCUT2D eigenvalue weighted by atomic mass is 10.1. The molecule has 0 aliphatic rings. The normalized spacial score (nSPS) is 10.5. The number of nitrogens with one attached hydrogen (secondary N) is 1. The zero-order valence-corrected chi connectivity index (χ0v) is 15.2. The molecular formula is C19H22FNO3S. The van der Waals surface area contributed by atoms with Crippen molar-refractivity contribution in [2.45, 2.75) is 33.1 Å². The van der Waals surface area contributed by atoms with E-state index in [9.17, 15) is 14.0 Å². The zero-order valence-electron chi connectivity index (χ0n) is 14.4. The molecule has 1 N–H and O–H groups in total. The van der Waals surface area contributed by atoms with Crippen molar-refractivity contribution < 1.29 is 18.7 Å². The minimum atomic E-state index is -0.486. The second-order valence-electron chi connectivity index (χ2n) is 5.71. The van der Waals surface area contributed by atoms with Gasteiger partial charge in [0.1, 0.15) is 10.7 Å². The number of rotatable bonds is 8. The maximum Gasteiger partial charge on any atom is 0.348 e. The molecular weight excluding hydrogens is 341 g/mol. The van der Waals surface area contributed by atoms with Gasteiger partial charge in [0.25, 0.3) is 5.91 Å². The molecule has 1 heterocycles. The van der Waals surface area contributed by atoms with Crippen LogP contribution in [0.3, 0.4) is 0 Å². The van der Waals surface area contributed by atoms with Gasteiger partial charge in [0.05, 0.1) is 0 Å². The van der Waals surface area contributed by atoms with E-state index in [1.807, 2.05) is 13.0 Å². The maximum absolute atomic E-state index is 13.5. The second kappa shape index (κ2) is 9.32. The largest absolute Gasteiger partial charge is 0.451 e. The summed E-state index contributed by atoms with van der Waals surface area (Å²) in [6.45, 7) is 4.01. The molecule has 0 atom stereocenters. The summed E-state index contributed by atoms with van der Waals surface area (Å²) in [6.07, 6.45) is 2.32. The van der Waals surface area contributed by atoms with Crippen molar-refractivity contribution in [2.24, 2.45) is 0 Å². The summed E-state index contributed by atoms with van der Waals surface area (Å²) in [4.78, 5) is 25.4. The average molecular weight is 363 g/mol. The fourth-order valence-electron chi connectivity index (χ4n) is 2.43. The van der Waals surface area contributed by atoms with Crippen molar-refractivity contribution in [3.05, 3.63) is 57.0 Å². The molecule has 1 aromatic heterocycles. The fraction of sp³-hybridized carbons (Fsp3) is 0.368. The van der Waals surface area contributed by atoms with E-state index in [2.05, 4.69) is 12.2 Å². The number of hydrogen-bond acceptors (Lipinski definition) is 4. The summed E-state index contributed by atoms with van der Waals surface area (Å²) in [6, 6.07) is 8.26. The highest BCUT2D eigenvalue weighted by Gasteiger charge is 2.15. The van der Waals surface area contributed by atoms with E-state index in [1.165, 1.54) is 17.4 Å². The fourth-order valence-corrected chi connectivity index (χ4v) is 3.39. The van der Waals surface area contributed by atoms with Crippen LogP contribution in [0.2, 0.25) is 0 Å². The predicted molar refractivity (Wildman–Crippen MR) is 96.4 cm³/mol. The number of hydrogen-bond donors (Lipinski definition) is 1. The molecule has 25 heavy (non-hydrogen) atoms. The summed E-state index contributed by atoms with van der Waals surface area (Å²) in [5.74, 6) is -1.18. The van der Waals surface area contributed by atoms with Crippen molar-refractivity contribution >= 4 is 23.2 Å². The number of ether oxygens (including phenoxy) is 1. The molecule has 2 rings (SSSR count). The number of esters is 1. The van der Waals surface area contributed by atoms with E-state index in [0.29, 0.717) is 16.9 Å². The summed E-state index contributed by atoms with van der Waals surface area (Å²) >= 11 is 1.38. The first-order valence-corrected chi connectivity index (χ1v) is 9.09. The van der Waals surface area contributed by atoms with Crippen molar-refractivity contribution in [1.82, 2.24) is 5.32 Å². The van der Waals surface area contributed by atoms with E-state index < -0.39 is 11.9 Å². The Morgan fingerprint density at radius 2 is 1.96 bits per heavy atom. The van der Waals surface area contributed by atoms with Crippen LogP contribution < -0.4 is 5.32 Å². The van der Waals surface area contributed by atoms with E-state index in [1.54, 1.807) is 18.2 Å². The molecule has 0 aliphatic heterocycles. The lowest BCUT2D eigenvalue weighted by molar-refractivity contribution is -0.124. The van der Waals surface area contributed by atoms with E-state index in [-0.39, 0.29) is 19.0 Å². The predicted octanol–water partition coefficient (Wildman–Crippen LogP) is 3.66. The Kier molecular flexibility index (Phi) is 7.13. The van der Waals surface area contributed by atoms with Gasteiger partial charge in [-0.2, -0.15) is 0 Å². The van der Waals surface area contributed by atoms with E-state index >= 15 is 0 Å². The summed E-state index contributed by atoms with van der Waals surface area (Å²) < 4.78 is 18.5. The molecule has 0 radical (unpaired) electrons. The number of amides is 1. The molecule has 1 aromatic carbocycles. The Balaban J connectivity index is 1.75. The quantitative estimate of drug-likeness (QED) is 0.728. The third-order valence-electron chi connectivity index (χ3n) is 3.75. The van der Waals surface area contributed by atoms with E-state index in [4.69, 9.17) is 4.74 Å². The third-order valence-corrected chi connectivity index (χ3v) is 4.82. The first-order valence-electron chi connectivity index (χ1n) is 8.27. The van der Waals surface area contributed by atoms with Gasteiger partial charge in [-0.1, -0.05) is 31.5 Å². The number of carbonyl (C=O) groups excluding carboxylic acids is 2. The monoisotopic (exact) mass is 363 g/mol. The Hall–Kier alpha value is -2.21. The molecule has 134 valence electrons. The van der Waals surface area contributed by atoms with Crippen molar-refractivity contribution in [3.8, 4) is 0 Å². The Morgan fingerprint density at radius 3 is 2.68 bits per heavy atom. The number of aryl methyl sites for hydroxylation is 2. The van der Waals surface area contributed by atoms with Crippen LogP contribution in [-0.4, -0.2) is 25.0 Å². The standard InChI is InChI=1S/C19H22FNO3S/c1-3-6-15-11-17(25-13(15)2)19(23)24-12-18(22)21-10-9-14-7-4-5-8-16(14)20/h4-5,7-8,11H,3,6,9-10,12H2,1-2H3,(H,21,22). The Morgan fingerprint density at radius 1 is 1.20 bits per heavy atom. The molecule has 4 nitrogen and oxygen atoms in total. The minimum Gasteiger partial charge on any atom is -0.451 e. The topological polar surface area (TPSA) is 55.4 Å². The highest BCUT2D eigenvalue weighted by molar-refractivity contribution is 7.14. The van der Waals surface area contributed by atoms with Gasteiger partial charge in [0, 0.05) is 11.4 Å². The van der Waals surface area contributed by atoms with Gasteiger partial charge >= 0.3 is 5.97 Å². The first-order chi connectivity index (χ1) is 12.0. The van der Waals surface area contributed by atoms with Crippen LogP contribution in [-0.2, 0) is 22.4 Å². The van der Waals surface area contributed by atoms with Gasteiger partial charge in [-0.3, -0.25) is 4.79 Å². The molecule has 0 saturated carbocycles. The van der Waals surface area contributed by atoms with Crippen molar-refractivity contribution in [3.63, 3.8) is 0 Å². The van der Waals surface area contributed by atoms with E-state index in [0.717, 1.165) is 23.3 Å². The SMILES string of the molecule is CCCc1cc(C(=O)OCC(=O)NCCc2ccccc2F)sc1C. The van der Waals surface area contributed by atoms with Crippen LogP contribution in [0.15, 0.2) is 30.3 Å². The molecule has 1 amide bonds. The van der Waals surface area contributed by atoms with Crippen LogP contribution in [0.5, 0.6) is 0 Å². The van der Waals surface area contributed by atoms with Crippen LogP contribution in [0.1, 0.15) is 39.0 Å². The Bertz CT molecular complexity index is 742. The van der Waals surface area contributed by atoms with Crippen molar-refractivity contribution in [1.29, 1.82) is 0 Å². The zero-order chi connectivity index (χ0) is 18.2. The molecule has 0 saturated heterocycles. The maximum atomic E-state index is 13.5. The van der Waals surface area contributed by atoms with Crippen LogP contribution >= 0.6 is 11.3 Å². The first kappa shape index (κ1) is 19.1. The van der Waals surface area contributed by atoms with Gasteiger partial charge in [0.2, 0.25) is 0 Å². The molecule has 0 bridgehead atoms. The lowest BCUT2D eigenvalue weighted by Gasteiger charge is -2.06. The van der Waals surface area contributed by atoms with Crippen LogP contribution in [0, 0.1) is 12.7 Å². The number of halogens is 1. The lowest BCUT2D eigenvalue weighted by Crippen LogP contribution is -2.30. The molecule has 0 spiro atoms. The van der Waals surface area contributed by atoms with Gasteiger partial charge < -0.3 is 10.1 Å². The minimum absolute atomic E-state index is 0.288. The van der Waals surface area contributed by atoms with Crippen LogP contribution in [0.4, 0.5) is 4.39 Å². The molecule has 2 aromatic rings. The van der Waals surface area contributed by atoms with Gasteiger partial charge in [-0.15, -0.1) is 11.3 Å². The number of benzene rings is 1. The van der Waals surface area contributed by atoms with Gasteiger partial charge in [-0.25, -0.2) is 9.18 Å². The highest BCUT2D eigenvalue weighted by Crippen LogP contribution is 2.23. The molecule has 6 heteroatoms. The number of carbonyl (C=O) groups is 2.